The van der Waals surface area contributed by atoms with Crippen molar-refractivity contribution in [2.24, 2.45) is 0 Å². The molecular formula is C17H18O2. The number of hydrogen-bond donors (Lipinski definition) is 0. The molecule has 0 aromatic heterocycles. The first kappa shape index (κ1) is 13.3. The van der Waals surface area contributed by atoms with E-state index in [0.29, 0.717) is 12.2 Å². The summed E-state index contributed by atoms with van der Waals surface area (Å²) in [5.74, 6) is 0.879. The van der Waals surface area contributed by atoms with Crippen LogP contribution in [0.25, 0.3) is 0 Å². The minimum absolute atomic E-state index is 0.0557. The van der Waals surface area contributed by atoms with Crippen LogP contribution in [0.15, 0.2) is 48.5 Å². The molecule has 2 rings (SSSR count). The molecule has 0 fully saturated rings. The molecule has 0 saturated carbocycles. The van der Waals surface area contributed by atoms with Crippen LogP contribution >= 0.6 is 0 Å². The molecule has 0 atom stereocenters. The first-order chi connectivity index (χ1) is 9.22. The summed E-state index contributed by atoms with van der Waals surface area (Å²) in [6, 6.07) is 15.0. The largest absolute Gasteiger partial charge is 0.494 e. The van der Waals surface area contributed by atoms with E-state index in [4.69, 9.17) is 4.74 Å². The zero-order valence-electron chi connectivity index (χ0n) is 11.3. The third-order valence-corrected chi connectivity index (χ3v) is 2.95. The highest BCUT2D eigenvalue weighted by atomic mass is 16.5. The first-order valence-electron chi connectivity index (χ1n) is 6.55. The third-order valence-electron chi connectivity index (χ3n) is 2.95. The summed E-state index contributed by atoms with van der Waals surface area (Å²) in [6.07, 6.45) is 0.976. The van der Waals surface area contributed by atoms with Crippen LogP contribution in [0.4, 0.5) is 0 Å². The number of ether oxygens (including phenoxy) is 1. The molecule has 0 aliphatic rings. The van der Waals surface area contributed by atoms with Crippen molar-refractivity contribution in [2.75, 3.05) is 6.61 Å². The lowest BCUT2D eigenvalue weighted by molar-refractivity contribution is 0.103. The van der Waals surface area contributed by atoms with E-state index in [1.54, 1.807) is 0 Å². The molecule has 0 spiro atoms. The van der Waals surface area contributed by atoms with Gasteiger partial charge in [0, 0.05) is 11.1 Å². The summed E-state index contributed by atoms with van der Waals surface area (Å²) in [5.41, 5.74) is 2.39. The van der Waals surface area contributed by atoms with E-state index in [2.05, 4.69) is 6.92 Å². The molecule has 19 heavy (non-hydrogen) atoms. The average molecular weight is 254 g/mol. The fourth-order valence-electron chi connectivity index (χ4n) is 1.95. The van der Waals surface area contributed by atoms with Gasteiger partial charge >= 0.3 is 0 Å². The predicted octanol–water partition coefficient (Wildman–Crippen LogP) is 4.01. The minimum atomic E-state index is 0.0557. The maximum atomic E-state index is 12.4. The van der Waals surface area contributed by atoms with Crippen molar-refractivity contribution in [3.8, 4) is 5.75 Å². The molecule has 2 heteroatoms. The molecule has 0 heterocycles. The Kier molecular flexibility index (Phi) is 4.35. The summed E-state index contributed by atoms with van der Waals surface area (Å²) in [5, 5.41) is 0. The van der Waals surface area contributed by atoms with Crippen molar-refractivity contribution < 1.29 is 9.53 Å². The minimum Gasteiger partial charge on any atom is -0.494 e. The van der Waals surface area contributed by atoms with Crippen LogP contribution in [0.1, 0.15) is 34.8 Å². The van der Waals surface area contributed by atoms with E-state index in [-0.39, 0.29) is 5.78 Å². The normalized spacial score (nSPS) is 10.2. The van der Waals surface area contributed by atoms with Crippen LogP contribution < -0.4 is 4.74 Å². The van der Waals surface area contributed by atoms with Crippen LogP contribution in [0, 0.1) is 6.92 Å². The van der Waals surface area contributed by atoms with Gasteiger partial charge in [0.05, 0.1) is 6.61 Å². The van der Waals surface area contributed by atoms with E-state index in [1.165, 1.54) is 0 Å². The molecule has 0 amide bonds. The maximum absolute atomic E-state index is 12.4. The lowest BCUT2D eigenvalue weighted by atomic mass is 9.99. The number of hydrogen-bond acceptors (Lipinski definition) is 2. The second kappa shape index (κ2) is 6.19. The Morgan fingerprint density at radius 3 is 2.47 bits per heavy atom. The number of aryl methyl sites for hydroxylation is 1. The Balaban J connectivity index is 2.24. The smallest absolute Gasteiger partial charge is 0.193 e. The number of carbonyl (C=O) groups is 1. The van der Waals surface area contributed by atoms with Crippen molar-refractivity contribution in [2.45, 2.75) is 20.3 Å². The van der Waals surface area contributed by atoms with Crippen LogP contribution in [-0.4, -0.2) is 12.4 Å². The van der Waals surface area contributed by atoms with E-state index in [0.717, 1.165) is 23.3 Å². The first-order valence-corrected chi connectivity index (χ1v) is 6.55. The van der Waals surface area contributed by atoms with Crippen LogP contribution in [0.3, 0.4) is 0 Å². The maximum Gasteiger partial charge on any atom is 0.193 e. The van der Waals surface area contributed by atoms with Gasteiger partial charge in [0.15, 0.2) is 5.78 Å². The van der Waals surface area contributed by atoms with E-state index < -0.39 is 0 Å². The Morgan fingerprint density at radius 1 is 1.11 bits per heavy atom. The predicted molar refractivity (Wildman–Crippen MR) is 76.8 cm³/mol. The zero-order valence-corrected chi connectivity index (χ0v) is 11.3. The fraction of sp³-hybridized carbons (Fsp3) is 0.235. The molecule has 0 saturated heterocycles. The number of rotatable bonds is 5. The highest BCUT2D eigenvalue weighted by molar-refractivity contribution is 6.09. The van der Waals surface area contributed by atoms with Gasteiger partial charge in [-0.2, -0.15) is 0 Å². The van der Waals surface area contributed by atoms with Crippen molar-refractivity contribution in [1.82, 2.24) is 0 Å². The Labute approximate surface area is 114 Å². The lowest BCUT2D eigenvalue weighted by Crippen LogP contribution is -2.04. The van der Waals surface area contributed by atoms with Gasteiger partial charge in [-0.1, -0.05) is 37.3 Å². The van der Waals surface area contributed by atoms with E-state index >= 15 is 0 Å². The fourth-order valence-corrected chi connectivity index (χ4v) is 1.95. The van der Waals surface area contributed by atoms with Gasteiger partial charge in [0.25, 0.3) is 0 Å². The SMILES string of the molecule is CCCOc1ccc(C(=O)c2ccccc2)c(C)c1. The van der Waals surface area contributed by atoms with Crippen molar-refractivity contribution >= 4 is 5.78 Å². The van der Waals surface area contributed by atoms with Gasteiger partial charge in [-0.25, -0.2) is 0 Å². The summed E-state index contributed by atoms with van der Waals surface area (Å²) in [6.45, 7) is 4.71. The van der Waals surface area contributed by atoms with Gasteiger partial charge in [0.2, 0.25) is 0 Å². The van der Waals surface area contributed by atoms with Gasteiger partial charge < -0.3 is 4.74 Å². The summed E-state index contributed by atoms with van der Waals surface area (Å²) < 4.78 is 5.57. The molecule has 0 N–H and O–H groups in total. The molecule has 0 bridgehead atoms. The van der Waals surface area contributed by atoms with Crippen LogP contribution in [0.5, 0.6) is 5.75 Å². The molecule has 2 nitrogen and oxygen atoms in total. The molecule has 98 valence electrons. The molecule has 0 aliphatic carbocycles. The second-order valence-corrected chi connectivity index (χ2v) is 4.52. The van der Waals surface area contributed by atoms with E-state index in [1.807, 2.05) is 55.5 Å². The van der Waals surface area contributed by atoms with Crippen molar-refractivity contribution in [1.29, 1.82) is 0 Å². The Morgan fingerprint density at radius 2 is 1.84 bits per heavy atom. The van der Waals surface area contributed by atoms with Crippen LogP contribution in [-0.2, 0) is 0 Å². The van der Waals surface area contributed by atoms with Gasteiger partial charge in [-0.05, 0) is 37.1 Å². The average Bonchev–Trinajstić information content (AvgIpc) is 2.45. The summed E-state index contributed by atoms with van der Waals surface area (Å²) >= 11 is 0. The standard InChI is InChI=1S/C17H18O2/c1-3-11-19-15-9-10-16(13(2)12-15)17(18)14-7-5-4-6-8-14/h4-10,12H,3,11H2,1-2H3. The number of benzene rings is 2. The quantitative estimate of drug-likeness (QED) is 0.753. The molecule has 0 unspecified atom stereocenters. The monoisotopic (exact) mass is 254 g/mol. The van der Waals surface area contributed by atoms with Crippen molar-refractivity contribution in [3.63, 3.8) is 0 Å². The van der Waals surface area contributed by atoms with Gasteiger partial charge in [-0.3, -0.25) is 4.79 Å². The molecular weight excluding hydrogens is 236 g/mol. The highest BCUT2D eigenvalue weighted by Crippen LogP contribution is 2.20. The molecule has 2 aromatic rings. The number of ketones is 1. The Hall–Kier alpha value is -2.09. The second-order valence-electron chi connectivity index (χ2n) is 4.52. The zero-order chi connectivity index (χ0) is 13.7. The lowest BCUT2D eigenvalue weighted by Gasteiger charge is -2.09. The molecule has 0 aliphatic heterocycles. The van der Waals surface area contributed by atoms with E-state index in [9.17, 15) is 4.79 Å². The summed E-state index contributed by atoms with van der Waals surface area (Å²) in [4.78, 5) is 12.4. The summed E-state index contributed by atoms with van der Waals surface area (Å²) in [7, 11) is 0. The third kappa shape index (κ3) is 3.22. The topological polar surface area (TPSA) is 26.3 Å². The van der Waals surface area contributed by atoms with Crippen molar-refractivity contribution in [3.05, 3.63) is 65.2 Å². The van der Waals surface area contributed by atoms with Gasteiger partial charge in [-0.15, -0.1) is 0 Å². The van der Waals surface area contributed by atoms with Gasteiger partial charge in [0.1, 0.15) is 5.75 Å². The molecule has 2 aromatic carbocycles. The molecule has 0 radical (unpaired) electrons. The van der Waals surface area contributed by atoms with Crippen LogP contribution in [0.2, 0.25) is 0 Å². The Bertz CT molecular complexity index is 559. The highest BCUT2D eigenvalue weighted by Gasteiger charge is 2.11. The number of carbonyl (C=O) groups excluding carboxylic acids is 1.